The van der Waals surface area contributed by atoms with Crippen molar-refractivity contribution in [3.63, 3.8) is 0 Å². The average molecular weight is 423 g/mol. The highest BCUT2D eigenvalue weighted by molar-refractivity contribution is 7.90. The van der Waals surface area contributed by atoms with E-state index in [1.54, 1.807) is 12.1 Å². The first-order valence-corrected chi connectivity index (χ1v) is 11.5. The number of aryl methyl sites for hydroxylation is 2. The Morgan fingerprint density at radius 1 is 1.10 bits per heavy atom. The summed E-state index contributed by atoms with van der Waals surface area (Å²) in [6.07, 6.45) is 1.90. The summed E-state index contributed by atoms with van der Waals surface area (Å²) in [5, 5.41) is 8.42. The molecule has 2 aromatic heterocycles. The van der Waals surface area contributed by atoms with Crippen molar-refractivity contribution in [2.45, 2.75) is 31.6 Å². The number of anilines is 1. The van der Waals surface area contributed by atoms with Crippen molar-refractivity contribution in [3.05, 3.63) is 65.5 Å². The third-order valence-corrected chi connectivity index (χ3v) is 6.28. The Bertz CT molecular complexity index is 1390. The molecule has 4 rings (SSSR count). The molecule has 0 spiro atoms. The minimum atomic E-state index is -3.33. The smallest absolute Gasteiger partial charge is 0.224 e. The minimum absolute atomic E-state index is 0.174. The molecule has 0 bridgehead atoms. The molecule has 0 aliphatic carbocycles. The molecule has 1 amide bonds. The summed E-state index contributed by atoms with van der Waals surface area (Å²) >= 11 is 0. The Kier molecular flexibility index (Phi) is 5.03. The molecule has 0 unspecified atom stereocenters. The number of amides is 1. The molecular formula is C22H22N4O3S. The van der Waals surface area contributed by atoms with Crippen molar-refractivity contribution in [1.82, 2.24) is 14.6 Å². The number of nitrogens with zero attached hydrogens (tertiary/aromatic N) is 3. The van der Waals surface area contributed by atoms with E-state index in [-0.39, 0.29) is 17.2 Å². The van der Waals surface area contributed by atoms with Crippen molar-refractivity contribution in [1.29, 1.82) is 0 Å². The zero-order valence-electron chi connectivity index (χ0n) is 17.0. The number of benzene rings is 2. The van der Waals surface area contributed by atoms with E-state index in [1.807, 2.05) is 42.6 Å². The largest absolute Gasteiger partial charge is 0.326 e. The molecule has 0 saturated carbocycles. The van der Waals surface area contributed by atoms with Gasteiger partial charge in [0.25, 0.3) is 0 Å². The summed E-state index contributed by atoms with van der Waals surface area (Å²) in [7, 11) is -3.33. The van der Waals surface area contributed by atoms with Gasteiger partial charge in [0.05, 0.1) is 10.4 Å². The van der Waals surface area contributed by atoms with Crippen LogP contribution in [0.25, 0.3) is 16.6 Å². The summed E-state index contributed by atoms with van der Waals surface area (Å²) in [6.45, 7) is 3.92. The number of nitrogens with one attached hydrogen (secondary N) is 1. The Balaban J connectivity index is 1.55. The van der Waals surface area contributed by atoms with Crippen LogP contribution in [0.15, 0.2) is 53.4 Å². The Morgan fingerprint density at radius 3 is 2.63 bits per heavy atom. The molecule has 7 nitrogen and oxygen atoms in total. The fourth-order valence-corrected chi connectivity index (χ4v) is 4.27. The van der Waals surface area contributed by atoms with Gasteiger partial charge in [-0.25, -0.2) is 17.9 Å². The van der Waals surface area contributed by atoms with Crippen molar-refractivity contribution in [3.8, 4) is 0 Å². The molecular weight excluding hydrogens is 400 g/mol. The van der Waals surface area contributed by atoms with Crippen LogP contribution >= 0.6 is 0 Å². The monoisotopic (exact) mass is 422 g/mol. The second-order valence-electron chi connectivity index (χ2n) is 7.36. The van der Waals surface area contributed by atoms with Gasteiger partial charge in [-0.1, -0.05) is 18.2 Å². The van der Waals surface area contributed by atoms with Gasteiger partial charge in [0.1, 0.15) is 0 Å². The van der Waals surface area contributed by atoms with Gasteiger partial charge in [0.2, 0.25) is 5.91 Å². The van der Waals surface area contributed by atoms with Crippen molar-refractivity contribution < 1.29 is 13.2 Å². The van der Waals surface area contributed by atoms with E-state index in [4.69, 9.17) is 4.98 Å². The van der Waals surface area contributed by atoms with Crippen molar-refractivity contribution in [2.75, 3.05) is 11.6 Å². The SMILES string of the molecule is Cc1nc2c3ccccc3nn2c(C)c1CCC(=O)Nc1cccc(S(C)(=O)=O)c1. The molecule has 4 aromatic rings. The summed E-state index contributed by atoms with van der Waals surface area (Å²) in [5.41, 5.74) is 4.97. The Labute approximate surface area is 174 Å². The number of carbonyl (C=O) groups is 1. The van der Waals surface area contributed by atoms with E-state index in [0.717, 1.165) is 39.8 Å². The van der Waals surface area contributed by atoms with E-state index in [1.165, 1.54) is 12.1 Å². The second-order valence-corrected chi connectivity index (χ2v) is 9.38. The van der Waals surface area contributed by atoms with Crippen LogP contribution < -0.4 is 5.32 Å². The number of rotatable bonds is 5. The molecule has 2 heterocycles. The predicted octanol–water partition coefficient (Wildman–Crippen LogP) is 3.47. The Morgan fingerprint density at radius 2 is 1.87 bits per heavy atom. The van der Waals surface area contributed by atoms with E-state index in [2.05, 4.69) is 10.4 Å². The van der Waals surface area contributed by atoms with Crippen molar-refractivity contribution >= 4 is 38.0 Å². The molecule has 1 N–H and O–H groups in total. The van der Waals surface area contributed by atoms with Crippen LogP contribution in [-0.4, -0.2) is 35.2 Å². The first-order chi connectivity index (χ1) is 14.2. The second kappa shape index (κ2) is 7.53. The minimum Gasteiger partial charge on any atom is -0.326 e. The van der Waals surface area contributed by atoms with Gasteiger partial charge in [-0.2, -0.15) is 5.10 Å². The topological polar surface area (TPSA) is 93.4 Å². The van der Waals surface area contributed by atoms with Gasteiger partial charge >= 0.3 is 0 Å². The molecule has 30 heavy (non-hydrogen) atoms. The molecule has 0 radical (unpaired) electrons. The van der Waals surface area contributed by atoms with Gasteiger partial charge < -0.3 is 5.32 Å². The maximum absolute atomic E-state index is 12.5. The number of hydrogen-bond acceptors (Lipinski definition) is 5. The first kappa shape index (κ1) is 20.0. The lowest BCUT2D eigenvalue weighted by Gasteiger charge is -2.11. The molecule has 0 fully saturated rings. The summed E-state index contributed by atoms with van der Waals surface area (Å²) in [5.74, 6) is -0.190. The molecule has 0 saturated heterocycles. The summed E-state index contributed by atoms with van der Waals surface area (Å²) in [4.78, 5) is 17.4. The molecule has 0 aliphatic heterocycles. The maximum atomic E-state index is 12.5. The van der Waals surface area contributed by atoms with E-state index < -0.39 is 9.84 Å². The van der Waals surface area contributed by atoms with Gasteiger partial charge in [-0.05, 0) is 56.2 Å². The zero-order chi connectivity index (χ0) is 21.5. The van der Waals surface area contributed by atoms with Crippen molar-refractivity contribution in [2.24, 2.45) is 0 Å². The van der Waals surface area contributed by atoms with Crippen LogP contribution in [0, 0.1) is 13.8 Å². The van der Waals surface area contributed by atoms with Gasteiger partial charge in [-0.3, -0.25) is 4.79 Å². The number of hydrogen-bond donors (Lipinski definition) is 1. The van der Waals surface area contributed by atoms with Crippen LogP contribution in [0.5, 0.6) is 0 Å². The number of aromatic nitrogens is 3. The van der Waals surface area contributed by atoms with E-state index in [0.29, 0.717) is 12.1 Å². The third kappa shape index (κ3) is 3.78. The summed E-state index contributed by atoms with van der Waals surface area (Å²) < 4.78 is 25.2. The number of carbonyl (C=O) groups excluding carboxylic acids is 1. The number of fused-ring (bicyclic) bond motifs is 3. The fraction of sp³-hybridized carbons (Fsp3) is 0.227. The van der Waals surface area contributed by atoms with Crippen LogP contribution in [0.2, 0.25) is 0 Å². The molecule has 154 valence electrons. The van der Waals surface area contributed by atoms with Gasteiger partial charge in [-0.15, -0.1) is 0 Å². The zero-order valence-corrected chi connectivity index (χ0v) is 17.8. The highest BCUT2D eigenvalue weighted by Gasteiger charge is 2.15. The molecule has 2 aromatic carbocycles. The summed E-state index contributed by atoms with van der Waals surface area (Å²) in [6, 6.07) is 14.1. The molecule has 8 heteroatoms. The van der Waals surface area contributed by atoms with Gasteiger partial charge in [0, 0.05) is 35.1 Å². The standard InChI is InChI=1S/C22H22N4O3S/c1-14-18(15(2)26-22(23-14)19-9-4-5-10-20(19)25-26)11-12-21(27)24-16-7-6-8-17(13-16)30(3,28)29/h4-10,13H,11-12H2,1-3H3,(H,24,27). The average Bonchev–Trinajstić information content (AvgIpc) is 3.06. The molecule has 0 aliphatic rings. The maximum Gasteiger partial charge on any atom is 0.224 e. The fourth-order valence-electron chi connectivity index (χ4n) is 3.60. The van der Waals surface area contributed by atoms with Crippen LogP contribution in [0.3, 0.4) is 0 Å². The Hall–Kier alpha value is -3.26. The van der Waals surface area contributed by atoms with Crippen LogP contribution in [-0.2, 0) is 21.1 Å². The molecule has 0 atom stereocenters. The highest BCUT2D eigenvalue weighted by Crippen LogP contribution is 2.23. The normalized spacial score (nSPS) is 11.8. The third-order valence-electron chi connectivity index (χ3n) is 5.17. The quantitative estimate of drug-likeness (QED) is 0.531. The highest BCUT2D eigenvalue weighted by atomic mass is 32.2. The lowest BCUT2D eigenvalue weighted by molar-refractivity contribution is -0.116. The lowest BCUT2D eigenvalue weighted by atomic mass is 10.1. The lowest BCUT2D eigenvalue weighted by Crippen LogP contribution is -2.14. The predicted molar refractivity (Wildman–Crippen MR) is 116 cm³/mol. The van der Waals surface area contributed by atoms with E-state index >= 15 is 0 Å². The van der Waals surface area contributed by atoms with E-state index in [9.17, 15) is 13.2 Å². The van der Waals surface area contributed by atoms with Gasteiger partial charge in [0.15, 0.2) is 15.5 Å². The van der Waals surface area contributed by atoms with Crippen LogP contribution in [0.4, 0.5) is 5.69 Å². The number of sulfone groups is 1. The first-order valence-electron chi connectivity index (χ1n) is 9.57. The van der Waals surface area contributed by atoms with Crippen LogP contribution in [0.1, 0.15) is 23.4 Å².